The fourth-order valence-electron chi connectivity index (χ4n) is 7.24. The molecule has 2 rings (SSSR count). The van der Waals surface area contributed by atoms with Crippen molar-refractivity contribution in [1.29, 1.82) is 0 Å². The summed E-state index contributed by atoms with van der Waals surface area (Å²) < 4.78 is 0. The van der Waals surface area contributed by atoms with Crippen molar-refractivity contribution in [3.63, 3.8) is 0 Å². The van der Waals surface area contributed by atoms with Crippen molar-refractivity contribution >= 4 is 109 Å². The van der Waals surface area contributed by atoms with Gasteiger partial charge in [-0.15, -0.1) is 0 Å². The number of nitrogens with two attached hydrogens (primary N) is 2. The molecule has 0 unspecified atom stereocenters. The molecule has 1 aliphatic heterocycles. The van der Waals surface area contributed by atoms with Gasteiger partial charge in [0.15, 0.2) is 0 Å². The topological polar surface area (TPSA) is 423 Å². The summed E-state index contributed by atoms with van der Waals surface area (Å²) in [5.74, 6) is -10.3. The molecular weight excluding hydrogens is 1050 g/mol. The quantitative estimate of drug-likeness (QED) is 0.0230. The molecule has 0 aliphatic carbocycles. The number of carbonyl (C=O) groups is 10. The fraction of sp³-hybridized carbons (Fsp3) is 0.636. The van der Waals surface area contributed by atoms with Crippen molar-refractivity contribution in [1.82, 2.24) is 47.4 Å². The predicted molar refractivity (Wildman–Crippen MR) is 281 cm³/mol. The molecule has 1 saturated heterocycles. The Bertz CT molecular complexity index is 2070. The van der Waals surface area contributed by atoms with E-state index in [4.69, 9.17) is 11.5 Å². The van der Waals surface area contributed by atoms with Crippen molar-refractivity contribution in [2.45, 2.75) is 118 Å². The molecule has 11 atom stereocenters. The van der Waals surface area contributed by atoms with Gasteiger partial charge in [0.05, 0.1) is 19.3 Å². The van der Waals surface area contributed by atoms with E-state index in [2.05, 4.69) is 80.4 Å². The number of aliphatic carboxylic acids is 1. The number of aromatic hydroxyl groups is 1. The molecule has 0 bridgehead atoms. The molecular formula is C44H71N11O15S4. The number of aliphatic hydroxyl groups is 3. The molecule has 1 aromatic carbocycles. The van der Waals surface area contributed by atoms with Crippen LogP contribution in [0.25, 0.3) is 0 Å². The highest BCUT2D eigenvalue weighted by atomic mass is 32.2. The first-order valence-corrected chi connectivity index (χ1v) is 26.8. The zero-order valence-corrected chi connectivity index (χ0v) is 44.4. The van der Waals surface area contributed by atoms with Crippen LogP contribution in [0.15, 0.2) is 24.3 Å². The van der Waals surface area contributed by atoms with Crippen LogP contribution in [0.1, 0.15) is 51.0 Å². The molecule has 1 aromatic rings. The van der Waals surface area contributed by atoms with Crippen LogP contribution >= 0.6 is 49.6 Å². The highest BCUT2D eigenvalue weighted by Crippen LogP contribution is 2.21. The van der Waals surface area contributed by atoms with Crippen LogP contribution in [0.4, 0.5) is 0 Å². The number of nitrogens with zero attached hydrogens (tertiary/aromatic N) is 1. The molecule has 1 fully saturated rings. The van der Waals surface area contributed by atoms with Crippen LogP contribution in [-0.2, 0) is 54.4 Å². The van der Waals surface area contributed by atoms with Crippen molar-refractivity contribution in [3.05, 3.63) is 29.8 Å². The van der Waals surface area contributed by atoms with Gasteiger partial charge in [0, 0.05) is 30.2 Å². The number of carbonyl (C=O) groups excluding carboxylic acids is 9. The number of phenolic OH excluding ortho intramolecular Hbond substituents is 1. The van der Waals surface area contributed by atoms with Crippen LogP contribution in [0.5, 0.6) is 5.75 Å². The Labute approximate surface area is 448 Å². The Balaban J connectivity index is 2.19. The van der Waals surface area contributed by atoms with E-state index in [-0.39, 0.29) is 55.2 Å². The molecule has 0 spiro atoms. The third kappa shape index (κ3) is 20.9. The molecule has 17 N–H and O–H groups in total. The molecule has 9 amide bonds. The van der Waals surface area contributed by atoms with Gasteiger partial charge >= 0.3 is 5.97 Å². The van der Waals surface area contributed by atoms with E-state index in [0.29, 0.717) is 37.1 Å². The summed E-state index contributed by atoms with van der Waals surface area (Å²) in [6.07, 6.45) is 1.57. The summed E-state index contributed by atoms with van der Waals surface area (Å²) >= 11 is 13.8. The maximum atomic E-state index is 14.3. The summed E-state index contributed by atoms with van der Waals surface area (Å²) in [4.78, 5) is 134. The third-order valence-corrected chi connectivity index (χ3v) is 13.2. The summed E-state index contributed by atoms with van der Waals surface area (Å²) in [5, 5.41) is 68.5. The minimum Gasteiger partial charge on any atom is -0.508 e. The van der Waals surface area contributed by atoms with E-state index in [1.54, 1.807) is 6.26 Å². The number of amides is 9. The molecule has 0 radical (unpaired) electrons. The molecule has 0 aromatic heterocycles. The number of benzene rings is 1. The minimum atomic E-state index is -1.69. The van der Waals surface area contributed by atoms with Crippen LogP contribution in [0.3, 0.4) is 0 Å². The van der Waals surface area contributed by atoms with Crippen LogP contribution in [-0.4, -0.2) is 212 Å². The number of likely N-dealkylation sites (tertiary alicyclic amines) is 1. The van der Waals surface area contributed by atoms with E-state index in [1.165, 1.54) is 47.9 Å². The standard InChI is InChI=1S/C44H71N11O15S4/c1-22(58)34(42(67)48-27(44(69)70)6-3-4-13-45)54-40(65)32(21-73)53-39(64)31(20-72)52-38(63)30(19-71)51-37(62)29(18-57)50-41(66)33-7-5-14-55(33)43(68)28(16-23-8-10-24(59)11-9-23)49-36(61)26(12-15-74-2)47-35(60)25(46)17-56/h8-11,22,25-34,56-59,71-73H,3-7,12-21,45-46H2,1-2H3,(H,47,60)(H,48,67)(H,49,61)(H,50,66)(H,51,62)(H,52,63)(H,53,64)(H,54,65)(H,69,70)/t22-,25+,26+,27+,28+,29+,30+,31+,32+,33+,34+/m1/s1. The average Bonchev–Trinajstić information content (AvgIpc) is 3.88. The summed E-state index contributed by atoms with van der Waals surface area (Å²) in [5.41, 5.74) is 11.6. The van der Waals surface area contributed by atoms with Crippen molar-refractivity contribution in [2.75, 3.05) is 55.6 Å². The second kappa shape index (κ2) is 33.8. The Morgan fingerprint density at radius 1 is 0.676 bits per heavy atom. The average molecular weight is 1120 g/mol. The van der Waals surface area contributed by atoms with Gasteiger partial charge in [-0.25, -0.2) is 4.79 Å². The molecule has 1 aliphatic rings. The first-order valence-electron chi connectivity index (χ1n) is 23.5. The minimum absolute atomic E-state index is 0.0246. The van der Waals surface area contributed by atoms with E-state index in [9.17, 15) is 73.5 Å². The molecule has 26 nitrogen and oxygen atoms in total. The summed E-state index contributed by atoms with van der Waals surface area (Å²) in [6, 6.07) is -8.36. The number of thioether (sulfide) groups is 1. The number of aliphatic hydroxyl groups excluding tert-OH is 3. The van der Waals surface area contributed by atoms with Gasteiger partial charge in [0.25, 0.3) is 0 Å². The maximum Gasteiger partial charge on any atom is 0.326 e. The lowest BCUT2D eigenvalue weighted by Crippen LogP contribution is -2.62. The number of nitrogens with one attached hydrogen (secondary N) is 8. The van der Waals surface area contributed by atoms with Gasteiger partial charge in [-0.3, -0.25) is 43.2 Å². The SMILES string of the molecule is CSCC[C@H](NC(=O)[C@@H](N)CO)C(=O)N[C@@H](Cc1ccc(O)cc1)C(=O)N1CCC[C@H]1C(=O)N[C@@H](CO)C(=O)N[C@@H](CS)C(=O)N[C@@H](CS)C(=O)N[C@@H](CS)C(=O)N[C@H](C(=O)N[C@@H](CCCCN)C(=O)O)[C@@H](C)O. The highest BCUT2D eigenvalue weighted by molar-refractivity contribution is 7.98. The smallest absolute Gasteiger partial charge is 0.326 e. The Kier molecular flexibility index (Phi) is 29.7. The molecule has 30 heteroatoms. The molecule has 74 heavy (non-hydrogen) atoms. The van der Waals surface area contributed by atoms with Crippen molar-refractivity contribution < 1.29 is 73.5 Å². The zero-order chi connectivity index (χ0) is 55.7. The lowest BCUT2D eigenvalue weighted by Gasteiger charge is -2.31. The van der Waals surface area contributed by atoms with E-state index in [1.807, 2.05) is 0 Å². The number of rotatable bonds is 33. The Morgan fingerprint density at radius 3 is 1.66 bits per heavy atom. The van der Waals surface area contributed by atoms with Crippen LogP contribution in [0.2, 0.25) is 0 Å². The monoisotopic (exact) mass is 1120 g/mol. The van der Waals surface area contributed by atoms with Crippen LogP contribution < -0.4 is 54.0 Å². The molecule has 0 saturated carbocycles. The molecule has 416 valence electrons. The molecule has 1 heterocycles. The van der Waals surface area contributed by atoms with Crippen LogP contribution in [0, 0.1) is 0 Å². The maximum absolute atomic E-state index is 14.3. The van der Waals surface area contributed by atoms with Gasteiger partial charge in [0.2, 0.25) is 53.2 Å². The lowest BCUT2D eigenvalue weighted by molar-refractivity contribution is -0.143. The summed E-state index contributed by atoms with van der Waals surface area (Å²) in [6.45, 7) is -0.162. The van der Waals surface area contributed by atoms with E-state index in [0.717, 1.165) is 0 Å². The number of carboxylic acids is 1. The Morgan fingerprint density at radius 2 is 1.18 bits per heavy atom. The second-order valence-electron chi connectivity index (χ2n) is 17.1. The fourth-order valence-corrected chi connectivity index (χ4v) is 8.48. The number of unbranched alkanes of at least 4 members (excludes halogenated alkanes) is 1. The number of phenols is 1. The van der Waals surface area contributed by atoms with E-state index >= 15 is 0 Å². The van der Waals surface area contributed by atoms with Gasteiger partial charge in [-0.1, -0.05) is 12.1 Å². The van der Waals surface area contributed by atoms with E-state index < -0.39 is 139 Å². The third-order valence-electron chi connectivity index (χ3n) is 11.5. The highest BCUT2D eigenvalue weighted by Gasteiger charge is 2.40. The van der Waals surface area contributed by atoms with Gasteiger partial charge in [0.1, 0.15) is 66.2 Å². The zero-order valence-electron chi connectivity index (χ0n) is 40.9. The van der Waals surface area contributed by atoms with Gasteiger partial charge < -0.3 is 84.4 Å². The summed E-state index contributed by atoms with van der Waals surface area (Å²) in [7, 11) is 0. The first-order chi connectivity index (χ1) is 35.1. The van der Waals surface area contributed by atoms with Crippen molar-refractivity contribution in [2.24, 2.45) is 11.5 Å². The lowest BCUT2D eigenvalue weighted by atomic mass is 10.0. The van der Waals surface area contributed by atoms with Gasteiger partial charge in [-0.2, -0.15) is 49.6 Å². The number of hydrogen-bond donors (Lipinski definition) is 18. The second-order valence-corrected chi connectivity index (χ2v) is 19.2. The Hall–Kier alpha value is -5.08. The normalized spacial score (nSPS) is 17.3. The first kappa shape index (κ1) is 65.0. The largest absolute Gasteiger partial charge is 0.508 e. The van der Waals surface area contributed by atoms with Crippen molar-refractivity contribution in [3.8, 4) is 5.75 Å². The number of hydrogen-bond acceptors (Lipinski definition) is 20. The number of thiol groups is 3. The number of carboxylic acid groups (broad SMARTS) is 1. The predicted octanol–water partition coefficient (Wildman–Crippen LogP) is -5.75. The van der Waals surface area contributed by atoms with Gasteiger partial charge in [-0.05, 0) is 81.7 Å².